The molecule has 192 valence electrons. The van der Waals surface area contributed by atoms with Gasteiger partial charge in [-0.1, -0.05) is 54.6 Å². The smallest absolute Gasteiger partial charge is 0.236 e. The van der Waals surface area contributed by atoms with E-state index in [2.05, 4.69) is 71.8 Å². The summed E-state index contributed by atoms with van der Waals surface area (Å²) in [5.74, 6) is 0.908. The highest BCUT2D eigenvalue weighted by molar-refractivity contribution is 7.10. The fourth-order valence-corrected chi connectivity index (χ4v) is 7.13. The van der Waals surface area contributed by atoms with Gasteiger partial charge < -0.3 is 9.80 Å². The van der Waals surface area contributed by atoms with Crippen molar-refractivity contribution in [1.82, 2.24) is 14.7 Å². The first-order valence-electron chi connectivity index (χ1n) is 13.6. The summed E-state index contributed by atoms with van der Waals surface area (Å²) in [5, 5.41) is 2.18. The van der Waals surface area contributed by atoms with Gasteiger partial charge in [-0.2, -0.15) is 0 Å². The van der Waals surface area contributed by atoms with Gasteiger partial charge in [0.2, 0.25) is 11.8 Å². The summed E-state index contributed by atoms with van der Waals surface area (Å²) in [4.78, 5) is 34.6. The molecule has 0 radical (unpaired) electrons. The third-order valence-electron chi connectivity index (χ3n) is 8.38. The van der Waals surface area contributed by atoms with Gasteiger partial charge in [-0.15, -0.1) is 11.3 Å². The second-order valence-electron chi connectivity index (χ2n) is 10.7. The number of benzene rings is 2. The lowest BCUT2D eigenvalue weighted by molar-refractivity contribution is -0.135. The monoisotopic (exact) mass is 513 g/mol. The molecule has 1 saturated carbocycles. The number of hydrogen-bond acceptors (Lipinski definition) is 4. The number of amides is 2. The molecule has 3 aliphatic rings. The van der Waals surface area contributed by atoms with E-state index < -0.39 is 0 Å². The molecule has 6 heteroatoms. The average molecular weight is 514 g/mol. The molecule has 0 N–H and O–H groups in total. The van der Waals surface area contributed by atoms with E-state index in [1.54, 1.807) is 0 Å². The van der Waals surface area contributed by atoms with Gasteiger partial charge >= 0.3 is 0 Å². The molecule has 1 aromatic heterocycles. The maximum Gasteiger partial charge on any atom is 0.236 e. The van der Waals surface area contributed by atoms with Gasteiger partial charge in [0, 0.05) is 43.5 Å². The highest BCUT2D eigenvalue weighted by Gasteiger charge is 2.45. The largest absolute Gasteiger partial charge is 0.341 e. The van der Waals surface area contributed by atoms with Crippen LogP contribution in [0.5, 0.6) is 0 Å². The Bertz CT molecular complexity index is 1270. The Morgan fingerprint density at radius 3 is 2.46 bits per heavy atom. The predicted molar refractivity (Wildman–Crippen MR) is 148 cm³/mol. The predicted octanol–water partition coefficient (Wildman–Crippen LogP) is 4.87. The lowest BCUT2D eigenvalue weighted by Crippen LogP contribution is -2.45. The van der Waals surface area contributed by atoms with Crippen LogP contribution in [0.1, 0.15) is 51.9 Å². The minimum atomic E-state index is 0.104. The van der Waals surface area contributed by atoms with Crippen LogP contribution in [0.4, 0.5) is 0 Å². The van der Waals surface area contributed by atoms with Crippen LogP contribution in [0.3, 0.4) is 0 Å². The summed E-state index contributed by atoms with van der Waals surface area (Å²) in [6.07, 6.45) is 2.78. The minimum Gasteiger partial charge on any atom is -0.341 e. The molecule has 3 heterocycles. The van der Waals surface area contributed by atoms with Gasteiger partial charge in [0.05, 0.1) is 12.6 Å². The van der Waals surface area contributed by atoms with Crippen molar-refractivity contribution in [1.29, 1.82) is 0 Å². The topological polar surface area (TPSA) is 43.9 Å². The molecular formula is C31H35N3O2S. The van der Waals surface area contributed by atoms with Gasteiger partial charge in [-0.05, 0) is 65.8 Å². The van der Waals surface area contributed by atoms with Crippen molar-refractivity contribution in [3.8, 4) is 0 Å². The number of rotatable bonds is 5. The maximum absolute atomic E-state index is 13.6. The zero-order chi connectivity index (χ0) is 25.4. The fourth-order valence-electron chi connectivity index (χ4n) is 6.23. The molecule has 3 atom stereocenters. The van der Waals surface area contributed by atoms with E-state index in [9.17, 15) is 9.59 Å². The van der Waals surface area contributed by atoms with Crippen molar-refractivity contribution in [3.05, 3.63) is 93.2 Å². The molecule has 0 unspecified atom stereocenters. The summed E-state index contributed by atoms with van der Waals surface area (Å²) < 4.78 is 0. The van der Waals surface area contributed by atoms with Gasteiger partial charge in [0.25, 0.3) is 0 Å². The second-order valence-corrected chi connectivity index (χ2v) is 11.7. The molecule has 3 aromatic rings. The molecule has 0 spiro atoms. The maximum atomic E-state index is 13.6. The Labute approximate surface area is 223 Å². The van der Waals surface area contributed by atoms with Gasteiger partial charge in [0.1, 0.15) is 0 Å². The van der Waals surface area contributed by atoms with Crippen molar-refractivity contribution in [3.63, 3.8) is 0 Å². The summed E-state index contributed by atoms with van der Waals surface area (Å²) >= 11 is 1.83. The highest BCUT2D eigenvalue weighted by Crippen LogP contribution is 2.48. The van der Waals surface area contributed by atoms with Crippen molar-refractivity contribution in [2.45, 2.75) is 38.1 Å². The molecule has 1 aliphatic carbocycles. The SMILES string of the molecule is Cc1ccccc1[C@@H]1c2ccsc2CCN1CC(=O)N1CCCN(C(=O)[C@H]2C[C@H]2c2ccccc2)CC1. The van der Waals surface area contributed by atoms with Crippen LogP contribution in [0.15, 0.2) is 66.0 Å². The summed E-state index contributed by atoms with van der Waals surface area (Å²) in [6, 6.07) is 21.3. The highest BCUT2D eigenvalue weighted by atomic mass is 32.1. The molecule has 1 saturated heterocycles. The zero-order valence-electron chi connectivity index (χ0n) is 21.5. The summed E-state index contributed by atoms with van der Waals surface area (Å²) in [5.41, 5.74) is 5.18. The van der Waals surface area contributed by atoms with E-state index in [0.717, 1.165) is 38.9 Å². The van der Waals surface area contributed by atoms with Crippen molar-refractivity contribution < 1.29 is 9.59 Å². The number of carbonyl (C=O) groups excluding carboxylic acids is 2. The Kier molecular flexibility index (Phi) is 6.87. The molecule has 2 amide bonds. The fraction of sp³-hybridized carbons (Fsp3) is 0.419. The van der Waals surface area contributed by atoms with Gasteiger partial charge in [-0.25, -0.2) is 0 Å². The summed E-state index contributed by atoms with van der Waals surface area (Å²) in [6.45, 7) is 6.20. The van der Waals surface area contributed by atoms with E-state index in [1.165, 1.54) is 27.1 Å². The standard InChI is InChI=1S/C31H35N3O2S/c1-22-8-5-6-11-24(22)30-25-13-19-37-28(25)12-16-34(30)21-29(35)32-14-7-15-33(18-17-32)31(36)27-20-26(27)23-9-3-2-4-10-23/h2-6,8-11,13,19,26-27,30H,7,12,14-18,20-21H2,1H3/t26-,27-,30+/m0/s1. The van der Waals surface area contributed by atoms with Crippen LogP contribution < -0.4 is 0 Å². The molecule has 2 fully saturated rings. The van der Waals surface area contributed by atoms with Crippen molar-refractivity contribution in [2.24, 2.45) is 5.92 Å². The molecule has 2 aromatic carbocycles. The van der Waals surface area contributed by atoms with Gasteiger partial charge in [0.15, 0.2) is 0 Å². The van der Waals surface area contributed by atoms with E-state index in [0.29, 0.717) is 25.6 Å². The first-order chi connectivity index (χ1) is 18.1. The first-order valence-corrected chi connectivity index (χ1v) is 14.5. The van der Waals surface area contributed by atoms with Crippen LogP contribution in [0.25, 0.3) is 0 Å². The Morgan fingerprint density at radius 2 is 1.62 bits per heavy atom. The molecule has 37 heavy (non-hydrogen) atoms. The Morgan fingerprint density at radius 1 is 0.865 bits per heavy atom. The van der Waals surface area contributed by atoms with E-state index in [1.807, 2.05) is 27.2 Å². The minimum absolute atomic E-state index is 0.104. The second kappa shape index (κ2) is 10.4. The number of carbonyl (C=O) groups is 2. The van der Waals surface area contributed by atoms with Crippen molar-refractivity contribution >= 4 is 23.2 Å². The Hall–Kier alpha value is -2.96. The van der Waals surface area contributed by atoms with Crippen molar-refractivity contribution in [2.75, 3.05) is 39.3 Å². The lowest BCUT2D eigenvalue weighted by Gasteiger charge is -2.37. The third kappa shape index (κ3) is 4.97. The van der Waals surface area contributed by atoms with Crippen LogP contribution in [0.2, 0.25) is 0 Å². The molecule has 5 nitrogen and oxygen atoms in total. The lowest BCUT2D eigenvalue weighted by atomic mass is 9.90. The quantitative estimate of drug-likeness (QED) is 0.489. The molecular weight excluding hydrogens is 478 g/mol. The van der Waals surface area contributed by atoms with Crippen LogP contribution >= 0.6 is 11.3 Å². The number of hydrogen-bond donors (Lipinski definition) is 0. The van der Waals surface area contributed by atoms with Crippen LogP contribution in [-0.4, -0.2) is 65.8 Å². The summed E-state index contributed by atoms with van der Waals surface area (Å²) in [7, 11) is 0. The zero-order valence-corrected chi connectivity index (χ0v) is 22.3. The van der Waals surface area contributed by atoms with E-state index >= 15 is 0 Å². The number of fused-ring (bicyclic) bond motifs is 1. The Balaban J connectivity index is 1.10. The molecule has 2 aliphatic heterocycles. The number of thiophene rings is 1. The number of aryl methyl sites for hydroxylation is 1. The third-order valence-corrected chi connectivity index (χ3v) is 9.38. The normalized spacial score (nSPS) is 23.9. The van der Waals surface area contributed by atoms with E-state index in [-0.39, 0.29) is 23.8 Å². The molecule has 6 rings (SSSR count). The molecule has 0 bridgehead atoms. The number of nitrogens with zero attached hydrogens (tertiary/aromatic N) is 3. The van der Waals surface area contributed by atoms with Crippen LogP contribution in [0, 0.1) is 12.8 Å². The van der Waals surface area contributed by atoms with Gasteiger partial charge in [-0.3, -0.25) is 14.5 Å². The van der Waals surface area contributed by atoms with Crippen LogP contribution in [-0.2, 0) is 16.0 Å². The average Bonchev–Trinajstić information content (AvgIpc) is 3.65. The van der Waals surface area contributed by atoms with E-state index in [4.69, 9.17) is 0 Å². The first kappa shape index (κ1) is 24.4.